The largest absolute Gasteiger partial charge is 0.456 e. The number of aryl methyl sites for hydroxylation is 1. The van der Waals surface area contributed by atoms with Gasteiger partial charge in [0.2, 0.25) is 0 Å². The van der Waals surface area contributed by atoms with Gasteiger partial charge in [-0.1, -0.05) is 194 Å². The molecule has 0 amide bonds. The Morgan fingerprint density at radius 3 is 1.39 bits per heavy atom. The predicted octanol–water partition coefficient (Wildman–Crippen LogP) is 18.4. The van der Waals surface area contributed by atoms with E-state index in [-0.39, 0.29) is 10.8 Å². The molecule has 1 spiro atoms. The zero-order valence-corrected chi connectivity index (χ0v) is 48.3. The fraction of sp³-hybridized carbons (Fsp3) is 0.232. The Bertz CT molecular complexity index is 3540. The van der Waals surface area contributed by atoms with Crippen LogP contribution in [0.15, 0.2) is 185 Å². The summed E-state index contributed by atoms with van der Waals surface area (Å²) < 4.78 is 7.36. The smallest absolute Gasteiger partial charge is 0.145 e. The lowest BCUT2D eigenvalue weighted by molar-refractivity contribution is 0.590. The first-order valence-corrected chi connectivity index (χ1v) is 33.7. The molecule has 4 nitrogen and oxygen atoms in total. The fourth-order valence-corrected chi connectivity index (χ4v) is 14.2. The summed E-state index contributed by atoms with van der Waals surface area (Å²) in [5.74, 6) is 0.766. The Kier molecular flexibility index (Phi) is 12.0. The van der Waals surface area contributed by atoms with Gasteiger partial charge in [0.1, 0.15) is 11.3 Å². The molecule has 0 fully saturated rings. The SMILES string of the molecule is C=N/C=C\c1oc2c3c(cc(N(c4ccc(C(C)(C)C)cc4)c4ccc([Si](C)(C)C)cc4)c2c1C)C1(c2ccccc2-c2ccccc21)c1cc(N(c2ccc(C(C)(C)C)cc2)c2ccc([Si](C)(C)C)cc2)ccc1-3. The van der Waals surface area contributed by atoms with Gasteiger partial charge in [0, 0.05) is 51.2 Å². The Balaban J connectivity index is 1.25. The highest BCUT2D eigenvalue weighted by Crippen LogP contribution is 2.66. The van der Waals surface area contributed by atoms with Crippen molar-refractivity contribution >= 4 is 84.4 Å². The van der Waals surface area contributed by atoms with E-state index >= 15 is 0 Å². The summed E-state index contributed by atoms with van der Waals surface area (Å²) in [5, 5.41) is 3.93. The highest BCUT2D eigenvalue weighted by molar-refractivity contribution is 6.89. The number of aliphatic imine (C=N–C) groups is 1. The van der Waals surface area contributed by atoms with Crippen molar-refractivity contribution in [2.45, 2.75) is 104 Å². The van der Waals surface area contributed by atoms with E-state index in [1.807, 2.05) is 6.08 Å². The fourth-order valence-electron chi connectivity index (χ4n) is 11.9. The molecule has 0 aliphatic heterocycles. The second-order valence-electron chi connectivity index (χ2n) is 25.0. The van der Waals surface area contributed by atoms with Gasteiger partial charge >= 0.3 is 0 Å². The van der Waals surface area contributed by atoms with Gasteiger partial charge in [-0.3, -0.25) is 4.99 Å². The van der Waals surface area contributed by atoms with Crippen molar-refractivity contribution in [2.24, 2.45) is 4.99 Å². The van der Waals surface area contributed by atoms with Crippen LogP contribution < -0.4 is 20.2 Å². The van der Waals surface area contributed by atoms with E-state index in [0.717, 1.165) is 62.0 Å². The van der Waals surface area contributed by atoms with Crippen LogP contribution in [0.2, 0.25) is 39.3 Å². The molecule has 0 bridgehead atoms. The molecule has 2 aliphatic rings. The molecule has 0 atom stereocenters. The van der Waals surface area contributed by atoms with Gasteiger partial charge in [-0.05, 0) is 147 Å². The second-order valence-corrected chi connectivity index (χ2v) is 35.2. The van der Waals surface area contributed by atoms with Crippen molar-refractivity contribution < 1.29 is 4.42 Å². The molecule has 2 aliphatic carbocycles. The summed E-state index contributed by atoms with van der Waals surface area (Å²) in [7, 11) is -3.18. The summed E-state index contributed by atoms with van der Waals surface area (Å²) in [6.07, 6.45) is 3.71. The predicted molar refractivity (Wildman–Crippen MR) is 329 cm³/mol. The zero-order valence-electron chi connectivity index (χ0n) is 46.3. The molecule has 75 heavy (non-hydrogen) atoms. The Morgan fingerprint density at radius 2 is 0.933 bits per heavy atom. The van der Waals surface area contributed by atoms with E-state index in [9.17, 15) is 0 Å². The molecule has 11 rings (SSSR count). The second kappa shape index (κ2) is 18.0. The van der Waals surface area contributed by atoms with Gasteiger partial charge in [-0.15, -0.1) is 0 Å². The van der Waals surface area contributed by atoms with Crippen LogP contribution in [0.5, 0.6) is 0 Å². The lowest BCUT2D eigenvalue weighted by Gasteiger charge is -2.34. The van der Waals surface area contributed by atoms with Gasteiger partial charge < -0.3 is 14.2 Å². The van der Waals surface area contributed by atoms with E-state index < -0.39 is 21.6 Å². The highest BCUT2D eigenvalue weighted by Gasteiger charge is 2.53. The van der Waals surface area contributed by atoms with Crippen LogP contribution in [0.3, 0.4) is 0 Å². The van der Waals surface area contributed by atoms with Gasteiger partial charge in [-0.2, -0.15) is 0 Å². The summed E-state index contributed by atoms with van der Waals surface area (Å²) in [6, 6.07) is 65.2. The number of hydrogen-bond donors (Lipinski definition) is 0. The molecule has 9 aromatic rings. The minimum absolute atomic E-state index is 0.00605. The van der Waals surface area contributed by atoms with E-state index in [1.165, 1.54) is 60.4 Å². The topological polar surface area (TPSA) is 32.0 Å². The minimum Gasteiger partial charge on any atom is -0.456 e. The van der Waals surface area contributed by atoms with Crippen molar-refractivity contribution in [1.29, 1.82) is 0 Å². The molecular formula is C69H71N3OSi2. The highest BCUT2D eigenvalue weighted by atomic mass is 28.3. The molecule has 0 saturated heterocycles. The van der Waals surface area contributed by atoms with Crippen molar-refractivity contribution in [3.8, 4) is 22.3 Å². The number of anilines is 6. The average molecular weight is 1010 g/mol. The summed E-state index contributed by atoms with van der Waals surface area (Å²) >= 11 is 0. The first-order chi connectivity index (χ1) is 35.6. The number of fused-ring (bicyclic) bond motifs is 12. The van der Waals surface area contributed by atoms with E-state index in [4.69, 9.17) is 4.42 Å². The molecule has 0 saturated carbocycles. The Labute approximate surface area is 448 Å². The van der Waals surface area contributed by atoms with Gasteiger partial charge in [0.05, 0.1) is 27.3 Å². The van der Waals surface area contributed by atoms with Crippen molar-refractivity contribution in [3.05, 3.63) is 221 Å². The van der Waals surface area contributed by atoms with Gasteiger partial charge in [0.25, 0.3) is 0 Å². The van der Waals surface area contributed by atoms with Gasteiger partial charge in [-0.25, -0.2) is 0 Å². The Hall–Kier alpha value is -7.26. The van der Waals surface area contributed by atoms with E-state index in [1.54, 1.807) is 6.20 Å². The van der Waals surface area contributed by atoms with Crippen LogP contribution in [0.4, 0.5) is 34.1 Å². The lowest BCUT2D eigenvalue weighted by atomic mass is 9.70. The average Bonchev–Trinajstić information content (AvgIpc) is 4.21. The van der Waals surface area contributed by atoms with Crippen LogP contribution in [0, 0.1) is 6.92 Å². The van der Waals surface area contributed by atoms with Crippen LogP contribution in [0.25, 0.3) is 39.3 Å². The number of benzene rings is 8. The summed E-state index contributed by atoms with van der Waals surface area (Å²) in [6.45, 7) is 34.3. The third kappa shape index (κ3) is 8.29. The Morgan fingerprint density at radius 1 is 0.493 bits per heavy atom. The monoisotopic (exact) mass is 1010 g/mol. The number of nitrogens with zero attached hydrogens (tertiary/aromatic N) is 3. The number of hydrogen-bond acceptors (Lipinski definition) is 4. The first-order valence-electron chi connectivity index (χ1n) is 26.7. The lowest BCUT2D eigenvalue weighted by Crippen LogP contribution is -2.37. The maximum absolute atomic E-state index is 7.36. The number of rotatable bonds is 10. The molecule has 6 heteroatoms. The molecule has 1 aromatic heterocycles. The van der Waals surface area contributed by atoms with Crippen molar-refractivity contribution in [2.75, 3.05) is 9.80 Å². The van der Waals surface area contributed by atoms with Crippen LogP contribution in [0.1, 0.15) is 86.2 Å². The van der Waals surface area contributed by atoms with Crippen molar-refractivity contribution in [1.82, 2.24) is 0 Å². The number of furan rings is 1. The zero-order chi connectivity index (χ0) is 53.0. The quantitative estimate of drug-likeness (QED) is 0.101. The molecule has 1 heterocycles. The van der Waals surface area contributed by atoms with E-state index in [0.29, 0.717) is 0 Å². The normalized spacial score (nSPS) is 13.8. The van der Waals surface area contributed by atoms with Crippen LogP contribution >= 0.6 is 0 Å². The van der Waals surface area contributed by atoms with Crippen LogP contribution in [-0.2, 0) is 16.2 Å². The minimum atomic E-state index is -1.61. The van der Waals surface area contributed by atoms with Gasteiger partial charge in [0.15, 0.2) is 0 Å². The molecule has 376 valence electrons. The van der Waals surface area contributed by atoms with Crippen molar-refractivity contribution in [3.63, 3.8) is 0 Å². The maximum Gasteiger partial charge on any atom is 0.145 e. The van der Waals surface area contributed by atoms with Crippen LogP contribution in [-0.4, -0.2) is 22.9 Å². The molecule has 0 N–H and O–H groups in total. The maximum atomic E-state index is 7.36. The summed E-state index contributed by atoms with van der Waals surface area (Å²) in [5.41, 5.74) is 20.2. The third-order valence-corrected chi connectivity index (χ3v) is 20.2. The first kappa shape index (κ1) is 49.9. The summed E-state index contributed by atoms with van der Waals surface area (Å²) in [4.78, 5) is 9.11. The molecule has 8 aromatic carbocycles. The molecule has 0 unspecified atom stereocenters. The standard InChI is InChI=1S/C69H71N3OSi2/c1-45-63(41-42-70-8)73-66-64(45)62(72(50-29-25-47(26-30-50)68(5,6)7)51-33-38-54(39-34-51)75(12,13)14)44-61-65(66)57-40-35-52(43-60(57)69(61)58-21-17-15-19-55(58)56-20-16-18-22-59(56)69)71(48-27-23-46(24-28-48)67(2,3)4)49-31-36-53(37-32-49)74(9,10)11/h15-44H,8H2,1-7,9-14H3/b42-41-. The molecular weight excluding hydrogens is 943 g/mol. The third-order valence-electron chi connectivity index (χ3n) is 16.0. The molecule has 0 radical (unpaired) electrons. The van der Waals surface area contributed by atoms with E-state index in [2.05, 4.69) is 279 Å².